The van der Waals surface area contributed by atoms with E-state index in [0.717, 1.165) is 40.3 Å². The Labute approximate surface area is 189 Å². The standard InChI is InChI=1S/C28H27N3O/c1-28(2)17-23-25(24(32)18-28)26(30-22-11-7-4-8-12-22)27(21-13-15-29-16-14-21)31(23)19-20-9-5-3-6-10-20/h3-16,30H,17-19H2,1-2H3. The van der Waals surface area contributed by atoms with Crippen molar-refractivity contribution in [3.63, 3.8) is 0 Å². The number of aromatic nitrogens is 2. The normalized spacial score (nSPS) is 14.8. The molecule has 0 atom stereocenters. The van der Waals surface area contributed by atoms with Crippen LogP contribution in [0.25, 0.3) is 11.3 Å². The van der Waals surface area contributed by atoms with Crippen LogP contribution in [-0.2, 0) is 13.0 Å². The highest BCUT2D eigenvalue weighted by Crippen LogP contribution is 2.45. The van der Waals surface area contributed by atoms with Crippen molar-refractivity contribution in [3.05, 3.63) is 102 Å². The molecule has 0 amide bonds. The molecule has 4 aromatic rings. The Morgan fingerprint density at radius 1 is 0.906 bits per heavy atom. The van der Waals surface area contributed by atoms with Crippen LogP contribution in [0.4, 0.5) is 11.4 Å². The maximum atomic E-state index is 13.5. The van der Waals surface area contributed by atoms with Crippen LogP contribution in [0.1, 0.15) is 41.9 Å². The molecule has 2 heterocycles. The zero-order valence-electron chi connectivity index (χ0n) is 18.5. The first-order chi connectivity index (χ1) is 15.5. The minimum Gasteiger partial charge on any atom is -0.353 e. The molecule has 0 saturated heterocycles. The number of Topliss-reactive ketones (excluding diaryl/α,β-unsaturated/α-hetero) is 1. The van der Waals surface area contributed by atoms with Gasteiger partial charge in [0.1, 0.15) is 0 Å². The van der Waals surface area contributed by atoms with Crippen molar-refractivity contribution >= 4 is 17.2 Å². The molecule has 0 spiro atoms. The maximum absolute atomic E-state index is 13.5. The fourth-order valence-corrected chi connectivity index (χ4v) is 4.73. The molecule has 2 aromatic heterocycles. The number of rotatable bonds is 5. The Hall–Kier alpha value is -3.66. The molecule has 2 aromatic carbocycles. The number of nitrogens with zero attached hydrogens (tertiary/aromatic N) is 2. The minimum absolute atomic E-state index is 0.0730. The van der Waals surface area contributed by atoms with Crippen LogP contribution in [0, 0.1) is 5.41 Å². The van der Waals surface area contributed by atoms with Crippen molar-refractivity contribution < 1.29 is 4.79 Å². The fraction of sp³-hybridized carbons (Fsp3) is 0.214. The fourth-order valence-electron chi connectivity index (χ4n) is 4.73. The first-order valence-electron chi connectivity index (χ1n) is 11.1. The van der Waals surface area contributed by atoms with Gasteiger partial charge >= 0.3 is 0 Å². The molecule has 1 aliphatic rings. The van der Waals surface area contributed by atoms with Crippen LogP contribution in [-0.4, -0.2) is 15.3 Å². The zero-order valence-corrected chi connectivity index (χ0v) is 18.5. The van der Waals surface area contributed by atoms with Crippen LogP contribution in [0.3, 0.4) is 0 Å². The van der Waals surface area contributed by atoms with Crippen molar-refractivity contribution in [2.75, 3.05) is 5.32 Å². The van der Waals surface area contributed by atoms with Crippen molar-refractivity contribution in [2.24, 2.45) is 5.41 Å². The third-order valence-electron chi connectivity index (χ3n) is 6.12. The van der Waals surface area contributed by atoms with Crippen LogP contribution < -0.4 is 5.32 Å². The van der Waals surface area contributed by atoms with E-state index in [4.69, 9.17) is 0 Å². The van der Waals surface area contributed by atoms with Crippen molar-refractivity contribution in [3.8, 4) is 11.3 Å². The van der Waals surface area contributed by atoms with Crippen molar-refractivity contribution in [2.45, 2.75) is 33.2 Å². The van der Waals surface area contributed by atoms with E-state index in [2.05, 4.69) is 53.0 Å². The van der Waals surface area contributed by atoms with Crippen LogP contribution in [0.15, 0.2) is 85.2 Å². The third kappa shape index (κ3) is 3.84. The molecule has 1 N–H and O–H groups in total. The van der Waals surface area contributed by atoms with Gasteiger partial charge in [-0.25, -0.2) is 0 Å². The van der Waals surface area contributed by atoms with E-state index in [1.54, 1.807) is 0 Å². The molecule has 0 fully saturated rings. The summed E-state index contributed by atoms with van der Waals surface area (Å²) in [4.78, 5) is 17.7. The SMILES string of the molecule is CC1(C)CC(=O)c2c(Nc3ccccc3)c(-c3ccncc3)n(Cc3ccccc3)c2C1. The second-order valence-corrected chi connectivity index (χ2v) is 9.28. The number of fused-ring (bicyclic) bond motifs is 1. The lowest BCUT2D eigenvalue weighted by Crippen LogP contribution is -2.28. The van der Waals surface area contributed by atoms with E-state index in [9.17, 15) is 4.79 Å². The Balaban J connectivity index is 1.77. The Bertz CT molecular complexity index is 1240. The molecular formula is C28H27N3O. The molecule has 4 nitrogen and oxygen atoms in total. The number of anilines is 2. The molecule has 1 aliphatic carbocycles. The van der Waals surface area contributed by atoms with Crippen LogP contribution in [0.2, 0.25) is 0 Å². The lowest BCUT2D eigenvalue weighted by molar-refractivity contribution is 0.0911. The van der Waals surface area contributed by atoms with Gasteiger partial charge in [0.15, 0.2) is 5.78 Å². The second-order valence-electron chi connectivity index (χ2n) is 9.28. The first kappa shape index (κ1) is 20.3. The van der Waals surface area contributed by atoms with Gasteiger partial charge in [0, 0.05) is 42.3 Å². The number of hydrogen-bond acceptors (Lipinski definition) is 3. The van der Waals surface area contributed by atoms with Crippen molar-refractivity contribution in [1.29, 1.82) is 0 Å². The number of ketones is 1. The summed E-state index contributed by atoms with van der Waals surface area (Å²) in [7, 11) is 0. The summed E-state index contributed by atoms with van der Waals surface area (Å²) in [5.74, 6) is 0.205. The average molecular weight is 422 g/mol. The molecule has 0 bridgehead atoms. The van der Waals surface area contributed by atoms with E-state index in [1.807, 2.05) is 60.9 Å². The summed E-state index contributed by atoms with van der Waals surface area (Å²) in [5.41, 5.74) is 7.04. The summed E-state index contributed by atoms with van der Waals surface area (Å²) >= 11 is 0. The number of carbonyl (C=O) groups is 1. The summed E-state index contributed by atoms with van der Waals surface area (Å²) < 4.78 is 2.34. The van der Waals surface area contributed by atoms with E-state index in [-0.39, 0.29) is 11.2 Å². The van der Waals surface area contributed by atoms with E-state index < -0.39 is 0 Å². The van der Waals surface area contributed by atoms with Gasteiger partial charge in [-0.3, -0.25) is 9.78 Å². The molecule has 0 radical (unpaired) electrons. The van der Waals surface area contributed by atoms with Crippen LogP contribution in [0.5, 0.6) is 0 Å². The maximum Gasteiger partial charge on any atom is 0.167 e. The van der Waals surface area contributed by atoms with E-state index in [1.165, 1.54) is 5.56 Å². The Morgan fingerprint density at radius 3 is 2.25 bits per heavy atom. The highest BCUT2D eigenvalue weighted by molar-refractivity contribution is 6.08. The first-order valence-corrected chi connectivity index (χ1v) is 11.1. The molecule has 160 valence electrons. The van der Waals surface area contributed by atoms with Gasteiger partial charge < -0.3 is 9.88 Å². The molecular weight excluding hydrogens is 394 g/mol. The average Bonchev–Trinajstić information content (AvgIpc) is 3.07. The highest BCUT2D eigenvalue weighted by Gasteiger charge is 2.38. The predicted octanol–water partition coefficient (Wildman–Crippen LogP) is 6.50. The van der Waals surface area contributed by atoms with Gasteiger partial charge in [-0.05, 0) is 41.7 Å². The number of benzene rings is 2. The lowest BCUT2D eigenvalue weighted by Gasteiger charge is -2.30. The van der Waals surface area contributed by atoms with Gasteiger partial charge in [0.25, 0.3) is 0 Å². The molecule has 0 aliphatic heterocycles. The van der Waals surface area contributed by atoms with E-state index >= 15 is 0 Å². The number of carbonyl (C=O) groups excluding carboxylic acids is 1. The molecule has 32 heavy (non-hydrogen) atoms. The van der Waals surface area contributed by atoms with Gasteiger partial charge in [-0.2, -0.15) is 0 Å². The quantitative estimate of drug-likeness (QED) is 0.400. The number of nitrogens with one attached hydrogen (secondary N) is 1. The van der Waals surface area contributed by atoms with Gasteiger partial charge in [0.2, 0.25) is 0 Å². The van der Waals surface area contributed by atoms with Gasteiger partial charge in [0.05, 0.1) is 16.9 Å². The topological polar surface area (TPSA) is 46.9 Å². The Kier molecular flexibility index (Phi) is 5.14. The van der Waals surface area contributed by atoms with Gasteiger partial charge in [-0.15, -0.1) is 0 Å². The summed E-state index contributed by atoms with van der Waals surface area (Å²) in [5, 5.41) is 3.60. The minimum atomic E-state index is -0.0730. The lowest BCUT2D eigenvalue weighted by atomic mass is 9.76. The molecule has 0 unspecified atom stereocenters. The van der Waals surface area contributed by atoms with Crippen molar-refractivity contribution in [1.82, 2.24) is 9.55 Å². The van der Waals surface area contributed by atoms with Gasteiger partial charge in [-0.1, -0.05) is 62.4 Å². The monoisotopic (exact) mass is 421 g/mol. The number of pyridine rings is 1. The zero-order chi connectivity index (χ0) is 22.1. The highest BCUT2D eigenvalue weighted by atomic mass is 16.1. The number of hydrogen-bond donors (Lipinski definition) is 1. The van der Waals surface area contributed by atoms with Crippen LogP contribution >= 0.6 is 0 Å². The summed E-state index contributed by atoms with van der Waals surface area (Å²) in [6, 6.07) is 24.6. The molecule has 5 rings (SSSR count). The molecule has 0 saturated carbocycles. The van der Waals surface area contributed by atoms with E-state index in [0.29, 0.717) is 13.0 Å². The summed E-state index contributed by atoms with van der Waals surface area (Å²) in [6.07, 6.45) is 5.03. The second kappa shape index (κ2) is 8.12. The molecule has 4 heteroatoms. The largest absolute Gasteiger partial charge is 0.353 e. The predicted molar refractivity (Wildman–Crippen MR) is 129 cm³/mol. The summed E-state index contributed by atoms with van der Waals surface area (Å²) in [6.45, 7) is 5.08. The third-order valence-corrected chi connectivity index (χ3v) is 6.12. The Morgan fingerprint density at radius 2 is 1.56 bits per heavy atom. The number of para-hydroxylation sites is 1. The smallest absolute Gasteiger partial charge is 0.167 e.